The quantitative estimate of drug-likeness (QED) is 0.0563. The van der Waals surface area contributed by atoms with Gasteiger partial charge in [-0.25, -0.2) is 0 Å². The SMILES string of the molecule is CN(CCSSCCN(C)c1ccc(/C=C/c2sc3ccccc3[n+]2CCO)cc1)c1ccc(/C=C/c2sc3ccccc3[n+]2CCO)cc1. The Morgan fingerprint density at radius 3 is 1.36 bits per heavy atom. The van der Waals surface area contributed by atoms with Crippen LogP contribution in [0.4, 0.5) is 11.4 Å². The average Bonchev–Trinajstić information content (AvgIpc) is 3.69. The number of hydrogen-bond acceptors (Lipinski definition) is 8. The lowest BCUT2D eigenvalue weighted by molar-refractivity contribution is -0.670. The first-order valence-corrected chi connectivity index (χ1v) is 20.9. The number of rotatable bonds is 17. The minimum atomic E-state index is 0.123. The number of aliphatic hydroxyl groups is 2. The maximum Gasteiger partial charge on any atom is 0.262 e. The molecule has 0 saturated heterocycles. The first-order valence-electron chi connectivity index (χ1n) is 16.8. The Balaban J connectivity index is 0.915. The molecule has 0 aliphatic rings. The molecule has 258 valence electrons. The van der Waals surface area contributed by atoms with E-state index in [-0.39, 0.29) is 13.2 Å². The highest BCUT2D eigenvalue weighted by Gasteiger charge is 2.18. The van der Waals surface area contributed by atoms with Crippen molar-refractivity contribution in [3.63, 3.8) is 0 Å². The van der Waals surface area contributed by atoms with E-state index in [1.54, 1.807) is 22.7 Å². The van der Waals surface area contributed by atoms with E-state index >= 15 is 0 Å². The van der Waals surface area contributed by atoms with Gasteiger partial charge in [0.1, 0.15) is 22.6 Å². The lowest BCUT2D eigenvalue weighted by atomic mass is 10.2. The normalized spacial score (nSPS) is 11.8. The second-order valence-electron chi connectivity index (χ2n) is 11.9. The predicted molar refractivity (Wildman–Crippen MR) is 220 cm³/mol. The molecule has 0 fully saturated rings. The molecule has 0 saturated carbocycles. The van der Waals surface area contributed by atoms with Crippen LogP contribution < -0.4 is 18.9 Å². The van der Waals surface area contributed by atoms with E-state index < -0.39 is 0 Å². The van der Waals surface area contributed by atoms with Crippen LogP contribution in [0.3, 0.4) is 0 Å². The number of thiazole rings is 2. The second-order valence-corrected chi connectivity index (χ2v) is 16.7. The van der Waals surface area contributed by atoms with Crippen LogP contribution >= 0.6 is 44.3 Å². The van der Waals surface area contributed by atoms with Crippen molar-refractivity contribution in [2.75, 3.05) is 61.7 Å². The molecule has 10 heteroatoms. The summed E-state index contributed by atoms with van der Waals surface area (Å²) in [6.45, 7) is 3.41. The van der Waals surface area contributed by atoms with Crippen LogP contribution in [0.15, 0.2) is 97.1 Å². The van der Waals surface area contributed by atoms with Crippen molar-refractivity contribution in [1.82, 2.24) is 0 Å². The molecule has 0 radical (unpaired) electrons. The fourth-order valence-corrected chi connectivity index (χ4v) is 10.0. The molecule has 0 atom stereocenters. The summed E-state index contributed by atoms with van der Waals surface area (Å²) in [4.78, 5) is 4.63. The van der Waals surface area contributed by atoms with Crippen LogP contribution in [0.25, 0.3) is 44.7 Å². The number of hydrogen-bond donors (Lipinski definition) is 2. The molecular weight excluding hydrogens is 697 g/mol. The second kappa shape index (κ2) is 18.0. The van der Waals surface area contributed by atoms with Crippen molar-refractivity contribution >= 4 is 100 Å². The Bertz CT molecular complexity index is 1890. The van der Waals surface area contributed by atoms with Gasteiger partial charge in [0, 0.05) is 74.4 Å². The summed E-state index contributed by atoms with van der Waals surface area (Å²) >= 11 is 3.50. The summed E-state index contributed by atoms with van der Waals surface area (Å²) in [6, 6.07) is 34.2. The molecule has 0 aliphatic carbocycles. The van der Waals surface area contributed by atoms with Gasteiger partial charge < -0.3 is 20.0 Å². The third-order valence-electron chi connectivity index (χ3n) is 8.53. The van der Waals surface area contributed by atoms with Gasteiger partial charge in [-0.15, -0.1) is 0 Å². The van der Waals surface area contributed by atoms with Crippen LogP contribution in [-0.2, 0) is 13.1 Å². The molecular formula is C40H44N4O2S4+2. The van der Waals surface area contributed by atoms with Crippen LogP contribution in [0.5, 0.6) is 0 Å². The van der Waals surface area contributed by atoms with E-state index in [2.05, 4.69) is 142 Å². The summed E-state index contributed by atoms with van der Waals surface area (Å²) in [6.07, 6.45) is 8.61. The maximum absolute atomic E-state index is 9.58. The third-order valence-corrected chi connectivity index (χ3v) is 13.2. The molecule has 2 heterocycles. The molecule has 6 rings (SSSR count). The van der Waals surface area contributed by atoms with Crippen LogP contribution in [0, 0.1) is 0 Å². The van der Waals surface area contributed by atoms with Gasteiger partial charge >= 0.3 is 0 Å². The number of benzene rings is 4. The molecule has 2 N–H and O–H groups in total. The Labute approximate surface area is 311 Å². The maximum atomic E-state index is 9.58. The highest BCUT2D eigenvalue weighted by atomic mass is 33.1. The molecule has 4 aromatic carbocycles. The van der Waals surface area contributed by atoms with E-state index in [0.29, 0.717) is 13.1 Å². The number of fused-ring (bicyclic) bond motifs is 2. The third kappa shape index (κ3) is 9.17. The Hall–Kier alpha value is -3.64. The first-order chi connectivity index (χ1) is 24.5. The van der Waals surface area contributed by atoms with Gasteiger partial charge in [0.05, 0.1) is 0 Å². The molecule has 0 spiro atoms. The zero-order valence-corrected chi connectivity index (χ0v) is 31.8. The van der Waals surface area contributed by atoms with Crippen molar-refractivity contribution in [1.29, 1.82) is 0 Å². The van der Waals surface area contributed by atoms with Crippen molar-refractivity contribution < 1.29 is 19.3 Å². The summed E-state index contributed by atoms with van der Waals surface area (Å²) in [7, 11) is 8.19. The number of aliphatic hydroxyl groups excluding tert-OH is 2. The number of anilines is 2. The fraction of sp³-hybridized carbons (Fsp3) is 0.250. The molecule has 0 amide bonds. The number of aromatic nitrogens is 2. The standard InChI is InChI=1S/C40H44N4O2S4/c1-41(33-17-11-31(12-18-33)15-21-39-43(23-27-45)35-7-3-5-9-37(35)49-39)25-29-47-48-30-26-42(2)34-19-13-32(14-20-34)16-22-40-44(24-28-46)36-8-4-6-10-38(36)50-40/h3-22,45-46H,23-30H2,1-2H3/q+2. The minimum absolute atomic E-state index is 0.123. The molecule has 0 unspecified atom stereocenters. The molecule has 0 bridgehead atoms. The Morgan fingerprint density at radius 1 is 0.560 bits per heavy atom. The molecule has 0 aliphatic heterocycles. The zero-order valence-electron chi connectivity index (χ0n) is 28.5. The van der Waals surface area contributed by atoms with Crippen molar-refractivity contribution in [3.8, 4) is 0 Å². The van der Waals surface area contributed by atoms with Gasteiger partial charge in [-0.3, -0.25) is 0 Å². The van der Waals surface area contributed by atoms with Gasteiger partial charge in [0.15, 0.2) is 13.1 Å². The zero-order chi connectivity index (χ0) is 34.7. The smallest absolute Gasteiger partial charge is 0.262 e. The summed E-state index contributed by atoms with van der Waals surface area (Å²) < 4.78 is 6.83. The summed E-state index contributed by atoms with van der Waals surface area (Å²) in [5.41, 5.74) is 7.09. The molecule has 2 aromatic heterocycles. The van der Waals surface area contributed by atoms with E-state index in [1.165, 1.54) is 31.8 Å². The lowest BCUT2D eigenvalue weighted by Crippen LogP contribution is -2.36. The molecule has 50 heavy (non-hydrogen) atoms. The van der Waals surface area contributed by atoms with Crippen LogP contribution in [0.1, 0.15) is 21.1 Å². The van der Waals surface area contributed by atoms with Gasteiger partial charge in [0.2, 0.25) is 11.0 Å². The monoisotopic (exact) mass is 740 g/mol. The summed E-state index contributed by atoms with van der Waals surface area (Å²) in [5, 5.41) is 21.4. The summed E-state index contributed by atoms with van der Waals surface area (Å²) in [5.74, 6) is 2.12. The predicted octanol–water partition coefficient (Wildman–Crippen LogP) is 7.97. The van der Waals surface area contributed by atoms with Gasteiger partial charge in [-0.05, 0) is 59.7 Å². The van der Waals surface area contributed by atoms with E-state index in [4.69, 9.17) is 0 Å². The van der Waals surface area contributed by atoms with Gasteiger partial charge in [-0.2, -0.15) is 9.13 Å². The van der Waals surface area contributed by atoms with Crippen LogP contribution in [0.2, 0.25) is 0 Å². The molecule has 6 nitrogen and oxygen atoms in total. The first kappa shape index (κ1) is 36.2. The topological polar surface area (TPSA) is 54.7 Å². The number of nitrogens with zero attached hydrogens (tertiary/aromatic N) is 4. The number of para-hydroxylation sites is 2. The highest BCUT2D eigenvalue weighted by Crippen LogP contribution is 2.26. The van der Waals surface area contributed by atoms with Gasteiger partial charge in [-0.1, -0.05) is 92.8 Å². The van der Waals surface area contributed by atoms with Crippen LogP contribution in [-0.4, -0.2) is 62.1 Å². The van der Waals surface area contributed by atoms with E-state index in [0.717, 1.165) is 45.7 Å². The Morgan fingerprint density at radius 2 is 0.960 bits per heavy atom. The lowest BCUT2D eigenvalue weighted by Gasteiger charge is -2.20. The Kier molecular flexibility index (Phi) is 13.0. The minimum Gasteiger partial charge on any atom is -0.390 e. The van der Waals surface area contributed by atoms with E-state index in [1.807, 2.05) is 33.7 Å². The largest absolute Gasteiger partial charge is 0.390 e. The van der Waals surface area contributed by atoms with Crippen molar-refractivity contribution in [3.05, 3.63) is 118 Å². The molecule has 6 aromatic rings. The van der Waals surface area contributed by atoms with Crippen molar-refractivity contribution in [2.45, 2.75) is 13.1 Å². The van der Waals surface area contributed by atoms with Crippen molar-refractivity contribution in [2.24, 2.45) is 0 Å². The van der Waals surface area contributed by atoms with Gasteiger partial charge in [0.25, 0.3) is 10.0 Å². The van der Waals surface area contributed by atoms with E-state index in [9.17, 15) is 10.2 Å². The highest BCUT2D eigenvalue weighted by molar-refractivity contribution is 8.76. The average molecular weight is 741 g/mol. The fourth-order valence-electron chi connectivity index (χ4n) is 5.75.